The largest absolute Gasteiger partial charge is 0.334 e. The summed E-state index contributed by atoms with van der Waals surface area (Å²) in [6.07, 6.45) is 5.64. The standard InChI is InChI=1S/C24H22ClN3O2/c1-14-6-9-20(25)19(10-14)15-7-8-18-21(11-15)27-24(30)28(23(18)29)22-13-26-12-16-4-2-3-5-17(16)22/h2-6,9-10,12-13,15,18,21H,7-8,11H2,1H3,(H,27,30). The third-order valence-corrected chi connectivity index (χ3v) is 6.72. The van der Waals surface area contributed by atoms with Gasteiger partial charge in [0.25, 0.3) is 0 Å². The van der Waals surface area contributed by atoms with Gasteiger partial charge >= 0.3 is 6.03 Å². The van der Waals surface area contributed by atoms with E-state index in [2.05, 4.69) is 16.4 Å². The SMILES string of the molecule is Cc1ccc(Cl)c(C2CCC3C(=O)N(c4cncc5ccccc45)C(=O)NC3C2)c1. The fourth-order valence-electron chi connectivity index (χ4n) is 4.88. The molecule has 0 radical (unpaired) electrons. The maximum atomic E-state index is 13.4. The zero-order chi connectivity index (χ0) is 20.8. The summed E-state index contributed by atoms with van der Waals surface area (Å²) in [5.74, 6) is -0.144. The molecule has 1 aliphatic carbocycles. The van der Waals surface area contributed by atoms with Crippen molar-refractivity contribution in [2.45, 2.75) is 38.1 Å². The highest BCUT2D eigenvalue weighted by Crippen LogP contribution is 2.42. The number of nitrogens with one attached hydrogen (secondary N) is 1. The Balaban J connectivity index is 1.44. The molecule has 2 aliphatic rings. The van der Waals surface area contributed by atoms with Crippen LogP contribution >= 0.6 is 11.6 Å². The number of pyridine rings is 1. The van der Waals surface area contributed by atoms with Gasteiger partial charge in [0, 0.05) is 28.0 Å². The number of benzene rings is 2. The normalized spacial score (nSPS) is 23.9. The van der Waals surface area contributed by atoms with Crippen molar-refractivity contribution in [2.24, 2.45) is 5.92 Å². The monoisotopic (exact) mass is 419 g/mol. The number of fused-ring (bicyclic) bond motifs is 2. The Morgan fingerprint density at radius 1 is 1.10 bits per heavy atom. The van der Waals surface area contributed by atoms with Gasteiger partial charge in [-0.05, 0) is 43.7 Å². The number of aromatic nitrogens is 1. The number of urea groups is 1. The first kappa shape index (κ1) is 19.1. The van der Waals surface area contributed by atoms with Gasteiger partial charge in [-0.15, -0.1) is 0 Å². The Morgan fingerprint density at radius 3 is 2.80 bits per heavy atom. The van der Waals surface area contributed by atoms with Crippen LogP contribution in [0.25, 0.3) is 10.8 Å². The van der Waals surface area contributed by atoms with Crippen LogP contribution in [-0.4, -0.2) is 23.0 Å². The fraction of sp³-hybridized carbons (Fsp3) is 0.292. The first-order chi connectivity index (χ1) is 14.5. The molecular weight excluding hydrogens is 398 g/mol. The van der Waals surface area contributed by atoms with E-state index >= 15 is 0 Å². The molecule has 0 spiro atoms. The number of anilines is 1. The molecule has 3 atom stereocenters. The van der Waals surface area contributed by atoms with Gasteiger partial charge < -0.3 is 5.32 Å². The molecule has 5 rings (SSSR count). The molecule has 3 aromatic rings. The number of nitrogens with zero attached hydrogens (tertiary/aromatic N) is 2. The molecule has 1 aromatic heterocycles. The highest BCUT2D eigenvalue weighted by Gasteiger charge is 2.45. The topological polar surface area (TPSA) is 62.3 Å². The van der Waals surface area contributed by atoms with Crippen molar-refractivity contribution in [3.63, 3.8) is 0 Å². The lowest BCUT2D eigenvalue weighted by Gasteiger charge is -2.42. The lowest BCUT2D eigenvalue weighted by Crippen LogP contribution is -2.61. The van der Waals surface area contributed by atoms with Crippen LogP contribution in [0.2, 0.25) is 5.02 Å². The maximum absolute atomic E-state index is 13.4. The van der Waals surface area contributed by atoms with Crippen molar-refractivity contribution in [3.8, 4) is 0 Å². The van der Waals surface area contributed by atoms with Crippen LogP contribution in [0, 0.1) is 12.8 Å². The second kappa shape index (κ2) is 7.40. The summed E-state index contributed by atoms with van der Waals surface area (Å²) in [7, 11) is 0. The number of hydrogen-bond acceptors (Lipinski definition) is 3. The molecule has 5 nitrogen and oxygen atoms in total. The summed E-state index contributed by atoms with van der Waals surface area (Å²) in [4.78, 5) is 31.9. The van der Waals surface area contributed by atoms with Gasteiger partial charge in [0.1, 0.15) is 0 Å². The van der Waals surface area contributed by atoms with Crippen LogP contribution < -0.4 is 10.2 Å². The highest BCUT2D eigenvalue weighted by atomic mass is 35.5. The number of hydrogen-bond donors (Lipinski definition) is 1. The van der Waals surface area contributed by atoms with E-state index < -0.39 is 0 Å². The lowest BCUT2D eigenvalue weighted by molar-refractivity contribution is -0.124. The molecule has 1 saturated carbocycles. The molecule has 1 aliphatic heterocycles. The molecule has 2 heterocycles. The number of aryl methyl sites for hydroxylation is 1. The third kappa shape index (κ3) is 3.14. The van der Waals surface area contributed by atoms with E-state index in [0.29, 0.717) is 18.5 Å². The highest BCUT2D eigenvalue weighted by molar-refractivity contribution is 6.31. The molecule has 3 amide bonds. The Kier molecular flexibility index (Phi) is 4.70. The third-order valence-electron chi connectivity index (χ3n) is 6.38. The van der Waals surface area contributed by atoms with Crippen molar-refractivity contribution < 1.29 is 9.59 Å². The predicted octanol–water partition coefficient (Wildman–Crippen LogP) is 5.21. The van der Waals surface area contributed by atoms with Crippen molar-refractivity contribution in [2.75, 3.05) is 4.90 Å². The first-order valence-electron chi connectivity index (χ1n) is 10.3. The molecule has 0 bridgehead atoms. The molecule has 1 saturated heterocycles. The van der Waals surface area contributed by atoms with Gasteiger partial charge in [-0.1, -0.05) is 53.6 Å². The summed E-state index contributed by atoms with van der Waals surface area (Å²) in [6.45, 7) is 2.05. The second-order valence-corrected chi connectivity index (χ2v) is 8.66. The van der Waals surface area contributed by atoms with E-state index in [1.165, 1.54) is 4.90 Å². The van der Waals surface area contributed by atoms with Crippen LogP contribution in [-0.2, 0) is 4.79 Å². The molecule has 3 unspecified atom stereocenters. The van der Waals surface area contributed by atoms with Crippen molar-refractivity contribution >= 4 is 40.0 Å². The van der Waals surface area contributed by atoms with Crippen molar-refractivity contribution in [1.82, 2.24) is 10.3 Å². The van der Waals surface area contributed by atoms with E-state index in [9.17, 15) is 9.59 Å². The Bertz CT molecular complexity index is 1160. The van der Waals surface area contributed by atoms with Gasteiger partial charge in [0.05, 0.1) is 17.8 Å². The molecule has 6 heteroatoms. The van der Waals surface area contributed by atoms with Gasteiger partial charge in [-0.2, -0.15) is 0 Å². The summed E-state index contributed by atoms with van der Waals surface area (Å²) in [5, 5.41) is 5.58. The molecular formula is C24H22ClN3O2. The van der Waals surface area contributed by atoms with Gasteiger partial charge in [-0.3, -0.25) is 9.78 Å². The van der Waals surface area contributed by atoms with Crippen LogP contribution in [0.4, 0.5) is 10.5 Å². The maximum Gasteiger partial charge on any atom is 0.329 e. The number of amides is 3. The van der Waals surface area contributed by atoms with Crippen molar-refractivity contribution in [1.29, 1.82) is 0 Å². The van der Waals surface area contributed by atoms with Crippen LogP contribution in [0.5, 0.6) is 0 Å². The van der Waals surface area contributed by atoms with Crippen LogP contribution in [0.15, 0.2) is 54.9 Å². The molecule has 1 N–H and O–H groups in total. The van der Waals surface area contributed by atoms with E-state index in [-0.39, 0.29) is 29.8 Å². The molecule has 2 aromatic carbocycles. The second-order valence-electron chi connectivity index (χ2n) is 8.25. The van der Waals surface area contributed by atoms with E-state index in [1.807, 2.05) is 43.3 Å². The predicted molar refractivity (Wildman–Crippen MR) is 118 cm³/mol. The van der Waals surface area contributed by atoms with Crippen LogP contribution in [0.1, 0.15) is 36.3 Å². The lowest BCUT2D eigenvalue weighted by atomic mass is 9.74. The van der Waals surface area contributed by atoms with E-state index in [1.54, 1.807) is 12.4 Å². The zero-order valence-corrected chi connectivity index (χ0v) is 17.4. The van der Waals surface area contributed by atoms with Crippen molar-refractivity contribution in [3.05, 3.63) is 71.0 Å². The Labute approximate surface area is 180 Å². The molecule has 2 fully saturated rings. The minimum absolute atomic E-state index is 0.143. The number of halogens is 1. The first-order valence-corrected chi connectivity index (χ1v) is 10.6. The Morgan fingerprint density at radius 2 is 1.93 bits per heavy atom. The quantitative estimate of drug-likeness (QED) is 0.620. The van der Waals surface area contributed by atoms with Gasteiger partial charge in [0.15, 0.2) is 0 Å². The fourth-order valence-corrected chi connectivity index (χ4v) is 5.15. The average molecular weight is 420 g/mol. The zero-order valence-electron chi connectivity index (χ0n) is 16.6. The molecule has 152 valence electrons. The van der Waals surface area contributed by atoms with E-state index in [0.717, 1.165) is 33.3 Å². The summed E-state index contributed by atoms with van der Waals surface area (Å²) >= 11 is 6.45. The van der Waals surface area contributed by atoms with E-state index in [4.69, 9.17) is 11.6 Å². The van der Waals surface area contributed by atoms with Crippen LogP contribution in [0.3, 0.4) is 0 Å². The number of rotatable bonds is 2. The summed E-state index contributed by atoms with van der Waals surface area (Å²) in [5.41, 5.74) is 2.81. The minimum atomic E-state index is -0.379. The van der Waals surface area contributed by atoms with Gasteiger partial charge in [-0.25, -0.2) is 9.69 Å². The minimum Gasteiger partial charge on any atom is -0.334 e. The smallest absolute Gasteiger partial charge is 0.329 e. The Hall–Kier alpha value is -2.92. The van der Waals surface area contributed by atoms with Gasteiger partial charge in [0.2, 0.25) is 5.91 Å². The number of imide groups is 1. The number of carbonyl (C=O) groups excluding carboxylic acids is 2. The average Bonchev–Trinajstić information content (AvgIpc) is 2.75. The summed E-state index contributed by atoms with van der Waals surface area (Å²) in [6, 6.07) is 13.1. The summed E-state index contributed by atoms with van der Waals surface area (Å²) < 4.78 is 0. The molecule has 30 heavy (non-hydrogen) atoms. The number of carbonyl (C=O) groups is 2.